The molecule has 0 saturated carbocycles. The number of fused-ring (bicyclic) bond motifs is 1. The van der Waals surface area contributed by atoms with Gasteiger partial charge in [0.1, 0.15) is 5.75 Å². The fourth-order valence-electron chi connectivity index (χ4n) is 2.64. The van der Waals surface area contributed by atoms with Gasteiger partial charge in [-0.2, -0.15) is 0 Å². The number of hydrogen-bond acceptors (Lipinski definition) is 4. The number of benzene rings is 2. The van der Waals surface area contributed by atoms with Crippen molar-refractivity contribution in [1.29, 1.82) is 0 Å². The standard InChI is InChI=1S/C17H15NO4/c1-22-17(21)12-3-2-4-13(9-12)18-8-7-11-10-14(19)5-6-15(11)16(18)20/h2-6,9-10,19H,7-8H2,1H3. The normalized spacial score (nSPS) is 13.7. The summed E-state index contributed by atoms with van der Waals surface area (Å²) in [5, 5.41) is 9.51. The van der Waals surface area contributed by atoms with Crippen LogP contribution in [-0.2, 0) is 11.2 Å². The van der Waals surface area contributed by atoms with Crippen LogP contribution < -0.4 is 4.90 Å². The third-order valence-corrected chi connectivity index (χ3v) is 3.75. The lowest BCUT2D eigenvalue weighted by Gasteiger charge is -2.29. The number of nitrogens with zero attached hydrogens (tertiary/aromatic N) is 1. The van der Waals surface area contributed by atoms with E-state index in [4.69, 9.17) is 4.74 Å². The largest absolute Gasteiger partial charge is 0.508 e. The molecule has 1 amide bonds. The number of anilines is 1. The smallest absolute Gasteiger partial charge is 0.337 e. The van der Waals surface area contributed by atoms with Crippen LogP contribution in [0.15, 0.2) is 42.5 Å². The zero-order chi connectivity index (χ0) is 15.7. The summed E-state index contributed by atoms with van der Waals surface area (Å²) >= 11 is 0. The Kier molecular flexibility index (Phi) is 3.55. The van der Waals surface area contributed by atoms with Crippen molar-refractivity contribution in [3.8, 4) is 5.75 Å². The molecule has 0 bridgehead atoms. The summed E-state index contributed by atoms with van der Waals surface area (Å²) < 4.78 is 4.70. The molecule has 0 radical (unpaired) electrons. The molecule has 5 nitrogen and oxygen atoms in total. The van der Waals surface area contributed by atoms with Crippen LogP contribution in [0.2, 0.25) is 0 Å². The molecule has 0 fully saturated rings. The second-order valence-electron chi connectivity index (χ2n) is 5.09. The van der Waals surface area contributed by atoms with Crippen molar-refractivity contribution in [2.45, 2.75) is 6.42 Å². The Morgan fingerprint density at radius 1 is 1.23 bits per heavy atom. The van der Waals surface area contributed by atoms with Gasteiger partial charge in [0.15, 0.2) is 0 Å². The number of carbonyl (C=O) groups is 2. The lowest BCUT2D eigenvalue weighted by molar-refractivity contribution is 0.0600. The van der Waals surface area contributed by atoms with E-state index in [0.717, 1.165) is 5.56 Å². The lowest BCUT2D eigenvalue weighted by atomic mass is 9.98. The highest BCUT2D eigenvalue weighted by atomic mass is 16.5. The van der Waals surface area contributed by atoms with E-state index in [1.807, 2.05) is 0 Å². The first-order valence-electron chi connectivity index (χ1n) is 6.92. The number of methoxy groups -OCH3 is 1. The maximum absolute atomic E-state index is 12.6. The van der Waals surface area contributed by atoms with Crippen molar-refractivity contribution in [2.75, 3.05) is 18.6 Å². The Bertz CT molecular complexity index is 754. The second kappa shape index (κ2) is 5.52. The molecule has 22 heavy (non-hydrogen) atoms. The third kappa shape index (κ3) is 2.41. The topological polar surface area (TPSA) is 66.8 Å². The summed E-state index contributed by atoms with van der Waals surface area (Å²) in [5.41, 5.74) is 2.48. The highest BCUT2D eigenvalue weighted by Gasteiger charge is 2.26. The number of carbonyl (C=O) groups excluding carboxylic acids is 2. The van der Waals surface area contributed by atoms with Crippen LogP contribution in [-0.4, -0.2) is 30.6 Å². The van der Waals surface area contributed by atoms with Crippen LogP contribution in [0.3, 0.4) is 0 Å². The Labute approximate surface area is 127 Å². The molecule has 3 rings (SSSR count). The van der Waals surface area contributed by atoms with E-state index in [1.54, 1.807) is 41.3 Å². The highest BCUT2D eigenvalue weighted by Crippen LogP contribution is 2.27. The number of amides is 1. The number of rotatable bonds is 2. The molecule has 0 saturated heterocycles. The Morgan fingerprint density at radius 2 is 2.05 bits per heavy atom. The Balaban J connectivity index is 1.95. The summed E-state index contributed by atoms with van der Waals surface area (Å²) in [6.07, 6.45) is 0.651. The summed E-state index contributed by atoms with van der Waals surface area (Å²) in [6.45, 7) is 0.500. The van der Waals surface area contributed by atoms with E-state index in [2.05, 4.69) is 0 Å². The fraction of sp³-hybridized carbons (Fsp3) is 0.176. The van der Waals surface area contributed by atoms with Crippen molar-refractivity contribution in [1.82, 2.24) is 0 Å². The van der Waals surface area contributed by atoms with Gasteiger partial charge in [0.2, 0.25) is 0 Å². The van der Waals surface area contributed by atoms with Crippen molar-refractivity contribution in [3.63, 3.8) is 0 Å². The quantitative estimate of drug-likeness (QED) is 0.864. The minimum Gasteiger partial charge on any atom is -0.508 e. The highest BCUT2D eigenvalue weighted by molar-refractivity contribution is 6.08. The van der Waals surface area contributed by atoms with Gasteiger partial charge in [0.05, 0.1) is 12.7 Å². The van der Waals surface area contributed by atoms with Crippen LogP contribution in [0, 0.1) is 0 Å². The van der Waals surface area contributed by atoms with Crippen LogP contribution >= 0.6 is 0 Å². The van der Waals surface area contributed by atoms with E-state index < -0.39 is 5.97 Å². The second-order valence-corrected chi connectivity index (χ2v) is 5.09. The first kappa shape index (κ1) is 14.1. The molecule has 112 valence electrons. The molecule has 0 spiro atoms. The number of ether oxygens (including phenoxy) is 1. The molecular formula is C17H15NO4. The van der Waals surface area contributed by atoms with Crippen LogP contribution in [0.25, 0.3) is 0 Å². The van der Waals surface area contributed by atoms with E-state index >= 15 is 0 Å². The predicted molar refractivity (Wildman–Crippen MR) is 81.3 cm³/mol. The summed E-state index contributed by atoms with van der Waals surface area (Å²) in [7, 11) is 1.32. The molecule has 1 heterocycles. The average Bonchev–Trinajstić information content (AvgIpc) is 2.54. The molecule has 0 atom stereocenters. The molecule has 1 aliphatic rings. The molecule has 2 aromatic carbocycles. The Hall–Kier alpha value is -2.82. The van der Waals surface area contributed by atoms with Crippen LogP contribution in [0.4, 0.5) is 5.69 Å². The minimum atomic E-state index is -0.434. The van der Waals surface area contributed by atoms with Gasteiger partial charge >= 0.3 is 5.97 Å². The number of phenols is 1. The number of esters is 1. The van der Waals surface area contributed by atoms with E-state index in [9.17, 15) is 14.7 Å². The zero-order valence-corrected chi connectivity index (χ0v) is 12.1. The maximum atomic E-state index is 12.6. The SMILES string of the molecule is COC(=O)c1cccc(N2CCc3cc(O)ccc3C2=O)c1. The summed E-state index contributed by atoms with van der Waals surface area (Å²) in [5.74, 6) is -0.410. The van der Waals surface area contributed by atoms with Crippen molar-refractivity contribution < 1.29 is 19.4 Å². The van der Waals surface area contributed by atoms with E-state index in [-0.39, 0.29) is 11.7 Å². The lowest BCUT2D eigenvalue weighted by Crippen LogP contribution is -2.37. The van der Waals surface area contributed by atoms with Crippen molar-refractivity contribution >= 4 is 17.6 Å². The van der Waals surface area contributed by atoms with Gasteiger partial charge in [-0.3, -0.25) is 4.79 Å². The molecule has 2 aromatic rings. The van der Waals surface area contributed by atoms with Gasteiger partial charge in [-0.1, -0.05) is 6.07 Å². The van der Waals surface area contributed by atoms with Crippen molar-refractivity contribution in [2.24, 2.45) is 0 Å². The van der Waals surface area contributed by atoms with Gasteiger partial charge in [-0.25, -0.2) is 4.79 Å². The predicted octanol–water partition coefficient (Wildman–Crippen LogP) is 2.38. The van der Waals surface area contributed by atoms with E-state index in [1.165, 1.54) is 13.2 Å². The third-order valence-electron chi connectivity index (χ3n) is 3.75. The molecule has 1 N–H and O–H groups in total. The Morgan fingerprint density at radius 3 is 2.82 bits per heavy atom. The molecule has 0 aromatic heterocycles. The van der Waals surface area contributed by atoms with Crippen molar-refractivity contribution in [3.05, 3.63) is 59.2 Å². The van der Waals surface area contributed by atoms with Gasteiger partial charge in [0, 0.05) is 17.8 Å². The summed E-state index contributed by atoms with van der Waals surface area (Å²) in [4.78, 5) is 25.9. The van der Waals surface area contributed by atoms with Crippen LogP contribution in [0.5, 0.6) is 5.75 Å². The minimum absolute atomic E-state index is 0.136. The summed E-state index contributed by atoms with van der Waals surface area (Å²) in [6, 6.07) is 11.6. The number of hydrogen-bond donors (Lipinski definition) is 1. The fourth-order valence-corrected chi connectivity index (χ4v) is 2.64. The van der Waals surface area contributed by atoms with E-state index in [0.29, 0.717) is 29.8 Å². The van der Waals surface area contributed by atoms with Gasteiger partial charge in [0.25, 0.3) is 5.91 Å². The maximum Gasteiger partial charge on any atom is 0.337 e. The van der Waals surface area contributed by atoms with Gasteiger partial charge in [-0.15, -0.1) is 0 Å². The number of phenolic OH excluding ortho intramolecular Hbond substituents is 1. The molecule has 5 heteroatoms. The first-order valence-corrected chi connectivity index (χ1v) is 6.92. The molecular weight excluding hydrogens is 282 g/mol. The molecule has 0 unspecified atom stereocenters. The van der Waals surface area contributed by atoms with Gasteiger partial charge in [-0.05, 0) is 48.4 Å². The molecule has 1 aliphatic heterocycles. The van der Waals surface area contributed by atoms with Gasteiger partial charge < -0.3 is 14.7 Å². The average molecular weight is 297 g/mol. The number of aromatic hydroxyl groups is 1. The first-order chi connectivity index (χ1) is 10.6. The zero-order valence-electron chi connectivity index (χ0n) is 12.1. The monoisotopic (exact) mass is 297 g/mol. The van der Waals surface area contributed by atoms with Crippen LogP contribution in [0.1, 0.15) is 26.3 Å². The molecule has 0 aliphatic carbocycles.